The topological polar surface area (TPSA) is 55.4 Å². The Morgan fingerprint density at radius 1 is 1.28 bits per heavy atom. The van der Waals surface area contributed by atoms with E-state index in [9.17, 15) is 8.42 Å². The van der Waals surface area contributed by atoms with Crippen LogP contribution < -0.4 is 4.72 Å². The van der Waals surface area contributed by atoms with Gasteiger partial charge >= 0.3 is 0 Å². The molecule has 0 aromatic heterocycles. The van der Waals surface area contributed by atoms with Crippen LogP contribution in [0.15, 0.2) is 0 Å². The van der Waals surface area contributed by atoms with Gasteiger partial charge in [-0.25, -0.2) is 13.1 Å². The van der Waals surface area contributed by atoms with Crippen molar-refractivity contribution in [3.05, 3.63) is 0 Å². The van der Waals surface area contributed by atoms with Crippen molar-refractivity contribution in [1.29, 1.82) is 0 Å². The number of halogens is 1. The minimum atomic E-state index is -3.24. The molecule has 18 heavy (non-hydrogen) atoms. The average molecular weight is 298 g/mol. The zero-order valence-electron chi connectivity index (χ0n) is 11.2. The molecule has 1 heterocycles. The lowest BCUT2D eigenvalue weighted by molar-refractivity contribution is 0.0980. The quantitative estimate of drug-likeness (QED) is 0.733. The van der Waals surface area contributed by atoms with E-state index in [4.69, 9.17) is 16.3 Å². The minimum Gasteiger partial charge on any atom is -0.381 e. The zero-order chi connectivity index (χ0) is 13.6. The Morgan fingerprint density at radius 2 is 1.83 bits per heavy atom. The number of rotatable bonds is 7. The standard InChI is InChI=1S/C12H24ClNO3S/c1-3-12(4-2,9-13)10-14-18(15,16)11-5-7-17-8-6-11/h11,14H,3-10H2,1-2H3. The summed E-state index contributed by atoms with van der Waals surface area (Å²) >= 11 is 5.98. The van der Waals surface area contributed by atoms with Gasteiger partial charge in [0.05, 0.1) is 5.25 Å². The highest BCUT2D eigenvalue weighted by atomic mass is 35.5. The summed E-state index contributed by atoms with van der Waals surface area (Å²) in [7, 11) is -3.24. The Bertz CT molecular complexity index is 327. The highest BCUT2D eigenvalue weighted by Gasteiger charge is 2.31. The predicted molar refractivity (Wildman–Crippen MR) is 74.5 cm³/mol. The molecule has 0 unspecified atom stereocenters. The van der Waals surface area contributed by atoms with Gasteiger partial charge in [-0.1, -0.05) is 13.8 Å². The van der Waals surface area contributed by atoms with Crippen LogP contribution in [0.5, 0.6) is 0 Å². The van der Waals surface area contributed by atoms with E-state index in [-0.39, 0.29) is 10.7 Å². The Morgan fingerprint density at radius 3 is 2.28 bits per heavy atom. The molecule has 0 aromatic rings. The fraction of sp³-hybridized carbons (Fsp3) is 1.00. The van der Waals surface area contributed by atoms with Gasteiger partial charge < -0.3 is 4.74 Å². The minimum absolute atomic E-state index is 0.125. The molecule has 0 bridgehead atoms. The first-order chi connectivity index (χ1) is 8.49. The number of nitrogens with one attached hydrogen (secondary N) is 1. The van der Waals surface area contributed by atoms with Gasteiger partial charge in [-0.15, -0.1) is 11.6 Å². The summed E-state index contributed by atoms with van der Waals surface area (Å²) in [5, 5.41) is -0.312. The van der Waals surface area contributed by atoms with E-state index in [0.29, 0.717) is 38.5 Å². The summed E-state index contributed by atoms with van der Waals surface area (Å²) in [6, 6.07) is 0. The molecule has 1 fully saturated rings. The van der Waals surface area contributed by atoms with Crippen LogP contribution in [-0.4, -0.2) is 39.3 Å². The number of hydrogen-bond donors (Lipinski definition) is 1. The molecule has 0 amide bonds. The maximum atomic E-state index is 12.2. The average Bonchev–Trinajstić information content (AvgIpc) is 2.42. The third-order valence-electron chi connectivity index (χ3n) is 4.04. The molecule has 1 saturated heterocycles. The first-order valence-corrected chi connectivity index (χ1v) is 8.70. The van der Waals surface area contributed by atoms with Crippen molar-refractivity contribution in [2.75, 3.05) is 25.6 Å². The maximum absolute atomic E-state index is 12.2. The van der Waals surface area contributed by atoms with Crippen molar-refractivity contribution >= 4 is 21.6 Å². The van der Waals surface area contributed by atoms with Crippen molar-refractivity contribution in [3.63, 3.8) is 0 Å². The third-order valence-corrected chi connectivity index (χ3v) is 6.50. The first kappa shape index (κ1) is 16.2. The van der Waals surface area contributed by atoms with E-state index in [0.717, 1.165) is 12.8 Å². The van der Waals surface area contributed by atoms with Gasteiger partial charge in [-0.3, -0.25) is 0 Å². The molecular formula is C12H24ClNO3S. The molecule has 108 valence electrons. The van der Waals surface area contributed by atoms with E-state index in [1.807, 2.05) is 0 Å². The van der Waals surface area contributed by atoms with Crippen LogP contribution in [0.25, 0.3) is 0 Å². The van der Waals surface area contributed by atoms with Gasteiger partial charge in [0.15, 0.2) is 0 Å². The molecule has 4 nitrogen and oxygen atoms in total. The van der Waals surface area contributed by atoms with Gasteiger partial charge in [0.1, 0.15) is 0 Å². The summed E-state index contributed by atoms with van der Waals surface area (Å²) in [6.45, 7) is 5.61. The molecular weight excluding hydrogens is 274 g/mol. The molecule has 0 spiro atoms. The van der Waals surface area contributed by atoms with Crippen molar-refractivity contribution in [2.24, 2.45) is 5.41 Å². The van der Waals surface area contributed by atoms with Gasteiger partial charge in [0.2, 0.25) is 10.0 Å². The summed E-state index contributed by atoms with van der Waals surface area (Å²) in [4.78, 5) is 0. The largest absolute Gasteiger partial charge is 0.381 e. The number of alkyl halides is 1. The van der Waals surface area contributed by atoms with Gasteiger partial charge in [0.25, 0.3) is 0 Å². The van der Waals surface area contributed by atoms with Crippen molar-refractivity contribution < 1.29 is 13.2 Å². The zero-order valence-corrected chi connectivity index (χ0v) is 12.8. The lowest BCUT2D eigenvalue weighted by atomic mass is 9.85. The monoisotopic (exact) mass is 297 g/mol. The summed E-state index contributed by atoms with van der Waals surface area (Å²) in [5.74, 6) is 0.482. The second kappa shape index (κ2) is 7.08. The van der Waals surface area contributed by atoms with Gasteiger partial charge in [-0.05, 0) is 31.1 Å². The van der Waals surface area contributed by atoms with Crippen LogP contribution in [0.1, 0.15) is 39.5 Å². The van der Waals surface area contributed by atoms with Crippen LogP contribution in [0, 0.1) is 5.41 Å². The van der Waals surface area contributed by atoms with Crippen LogP contribution in [-0.2, 0) is 14.8 Å². The fourth-order valence-electron chi connectivity index (χ4n) is 2.09. The van der Waals surface area contributed by atoms with E-state index in [1.54, 1.807) is 0 Å². The third kappa shape index (κ3) is 4.08. The summed E-state index contributed by atoms with van der Waals surface area (Å²) < 4.78 is 32.3. The van der Waals surface area contributed by atoms with Crippen LogP contribution in [0.2, 0.25) is 0 Å². The molecule has 0 aromatic carbocycles. The lowest BCUT2D eigenvalue weighted by Gasteiger charge is -2.31. The fourth-order valence-corrected chi connectivity index (χ4v) is 4.12. The maximum Gasteiger partial charge on any atom is 0.214 e. The molecule has 0 atom stereocenters. The van der Waals surface area contributed by atoms with Crippen LogP contribution in [0.4, 0.5) is 0 Å². The molecule has 6 heteroatoms. The molecule has 0 saturated carbocycles. The van der Waals surface area contributed by atoms with Crippen molar-refractivity contribution in [3.8, 4) is 0 Å². The SMILES string of the molecule is CCC(CC)(CCl)CNS(=O)(=O)C1CCOCC1. The number of hydrogen-bond acceptors (Lipinski definition) is 3. The molecule has 0 aliphatic carbocycles. The molecule has 1 aliphatic heterocycles. The van der Waals surface area contributed by atoms with E-state index in [1.165, 1.54) is 0 Å². The second-order valence-corrected chi connectivity index (χ2v) is 7.33. The highest BCUT2D eigenvalue weighted by Crippen LogP contribution is 2.27. The molecule has 1 rings (SSSR count). The van der Waals surface area contributed by atoms with Crippen LogP contribution in [0.3, 0.4) is 0 Å². The molecule has 1 N–H and O–H groups in total. The van der Waals surface area contributed by atoms with E-state index in [2.05, 4.69) is 18.6 Å². The number of sulfonamides is 1. The van der Waals surface area contributed by atoms with Crippen molar-refractivity contribution in [2.45, 2.75) is 44.8 Å². The summed E-state index contributed by atoms with van der Waals surface area (Å²) in [6.07, 6.45) is 2.93. The Hall–Kier alpha value is 0.160. The second-order valence-electron chi connectivity index (χ2n) is 5.02. The molecule has 1 aliphatic rings. The van der Waals surface area contributed by atoms with Gasteiger partial charge in [0, 0.05) is 25.6 Å². The lowest BCUT2D eigenvalue weighted by Crippen LogP contribution is -2.43. The summed E-state index contributed by atoms with van der Waals surface area (Å²) in [5.41, 5.74) is -0.125. The Labute approximate surface area is 115 Å². The Balaban J connectivity index is 2.59. The van der Waals surface area contributed by atoms with E-state index < -0.39 is 10.0 Å². The van der Waals surface area contributed by atoms with E-state index >= 15 is 0 Å². The van der Waals surface area contributed by atoms with Crippen molar-refractivity contribution in [1.82, 2.24) is 4.72 Å². The van der Waals surface area contributed by atoms with Crippen LogP contribution >= 0.6 is 11.6 Å². The Kier molecular flexibility index (Phi) is 6.38. The normalized spacial score (nSPS) is 19.1. The van der Waals surface area contributed by atoms with Gasteiger partial charge in [-0.2, -0.15) is 0 Å². The molecule has 0 radical (unpaired) electrons. The highest BCUT2D eigenvalue weighted by molar-refractivity contribution is 7.90. The smallest absolute Gasteiger partial charge is 0.214 e. The predicted octanol–water partition coefficient (Wildman–Crippen LogP) is 2.13. The number of ether oxygens (including phenoxy) is 1. The first-order valence-electron chi connectivity index (χ1n) is 6.62.